The second-order valence-electron chi connectivity index (χ2n) is 5.41. The highest BCUT2D eigenvalue weighted by Crippen LogP contribution is 2.21. The van der Waals surface area contributed by atoms with E-state index in [4.69, 9.17) is 0 Å². The summed E-state index contributed by atoms with van der Waals surface area (Å²) in [6.07, 6.45) is 3.58. The first-order chi connectivity index (χ1) is 9.75. The summed E-state index contributed by atoms with van der Waals surface area (Å²) in [5.74, 6) is 0.277. The van der Waals surface area contributed by atoms with Crippen LogP contribution in [0.1, 0.15) is 12.0 Å². The van der Waals surface area contributed by atoms with Gasteiger partial charge in [0.05, 0.1) is 0 Å². The number of para-hydroxylation sites is 1. The molecule has 0 saturated carbocycles. The second kappa shape index (κ2) is 6.96. The maximum Gasteiger partial charge on any atom is 0.222 e. The lowest BCUT2D eigenvalue weighted by Gasteiger charge is -2.27. The quantitative estimate of drug-likeness (QED) is 0.941. The van der Waals surface area contributed by atoms with Crippen molar-refractivity contribution >= 4 is 29.2 Å². The minimum absolute atomic E-state index is 0. The maximum absolute atomic E-state index is 12.2. The highest BCUT2D eigenvalue weighted by molar-refractivity contribution is 5.85. The van der Waals surface area contributed by atoms with E-state index in [9.17, 15) is 4.79 Å². The minimum atomic E-state index is 0. The zero-order chi connectivity index (χ0) is 13.9. The molecule has 0 aliphatic carbocycles. The molecule has 114 valence electrons. The Labute approximate surface area is 131 Å². The average molecular weight is 308 g/mol. The standard InChI is InChI=1S/C16H21N3O.ClH/c1-18-12-13(14-4-2-3-5-15(14)18)6-7-16(20)19-10-8-17-9-11-19;/h2-5,12,17H,6-11H2,1H3;1H. The van der Waals surface area contributed by atoms with Gasteiger partial charge in [-0.15, -0.1) is 12.4 Å². The maximum atomic E-state index is 12.2. The van der Waals surface area contributed by atoms with E-state index < -0.39 is 0 Å². The Bertz CT molecular complexity index is 617. The van der Waals surface area contributed by atoms with Crippen LogP contribution in [0.15, 0.2) is 30.5 Å². The molecule has 1 saturated heterocycles. The van der Waals surface area contributed by atoms with E-state index in [0.29, 0.717) is 6.42 Å². The molecule has 1 N–H and O–H groups in total. The van der Waals surface area contributed by atoms with Gasteiger partial charge in [0.25, 0.3) is 0 Å². The van der Waals surface area contributed by atoms with Gasteiger partial charge in [-0.2, -0.15) is 0 Å². The van der Waals surface area contributed by atoms with Crippen LogP contribution in [0.2, 0.25) is 0 Å². The Morgan fingerprint density at radius 1 is 1.24 bits per heavy atom. The van der Waals surface area contributed by atoms with E-state index in [-0.39, 0.29) is 18.3 Å². The largest absolute Gasteiger partial charge is 0.350 e. The van der Waals surface area contributed by atoms with E-state index in [2.05, 4.69) is 47.4 Å². The molecule has 2 heterocycles. The van der Waals surface area contributed by atoms with Crippen LogP contribution in [-0.4, -0.2) is 41.6 Å². The number of nitrogens with one attached hydrogen (secondary N) is 1. The molecule has 1 aromatic heterocycles. The smallest absolute Gasteiger partial charge is 0.222 e. The first-order valence-electron chi connectivity index (χ1n) is 7.27. The summed E-state index contributed by atoms with van der Waals surface area (Å²) in [4.78, 5) is 14.2. The fourth-order valence-corrected chi connectivity index (χ4v) is 2.94. The minimum Gasteiger partial charge on any atom is -0.350 e. The number of carbonyl (C=O) groups excluding carboxylic acids is 1. The molecule has 1 aromatic carbocycles. The molecular formula is C16H22ClN3O. The molecular weight excluding hydrogens is 286 g/mol. The molecule has 21 heavy (non-hydrogen) atoms. The van der Waals surface area contributed by atoms with E-state index in [1.54, 1.807) is 0 Å². The van der Waals surface area contributed by atoms with Crippen LogP contribution in [0.3, 0.4) is 0 Å². The number of halogens is 1. The van der Waals surface area contributed by atoms with Crippen molar-refractivity contribution in [1.29, 1.82) is 0 Å². The number of piperazine rings is 1. The molecule has 3 rings (SSSR count). The first-order valence-corrected chi connectivity index (χ1v) is 7.27. The highest BCUT2D eigenvalue weighted by atomic mass is 35.5. The van der Waals surface area contributed by atoms with E-state index in [0.717, 1.165) is 32.6 Å². The normalized spacial score (nSPS) is 15.0. The van der Waals surface area contributed by atoms with Crippen molar-refractivity contribution in [2.75, 3.05) is 26.2 Å². The molecule has 0 radical (unpaired) electrons. The van der Waals surface area contributed by atoms with Crippen LogP contribution in [0.4, 0.5) is 0 Å². The van der Waals surface area contributed by atoms with Crippen LogP contribution in [0.25, 0.3) is 10.9 Å². The number of nitrogens with zero attached hydrogens (tertiary/aromatic N) is 2. The Morgan fingerprint density at radius 3 is 2.71 bits per heavy atom. The van der Waals surface area contributed by atoms with Crippen LogP contribution in [-0.2, 0) is 18.3 Å². The zero-order valence-corrected chi connectivity index (χ0v) is 13.2. The first kappa shape index (κ1) is 15.9. The Morgan fingerprint density at radius 2 is 1.95 bits per heavy atom. The molecule has 2 aromatic rings. The average Bonchev–Trinajstić information content (AvgIpc) is 2.83. The molecule has 0 spiro atoms. The lowest BCUT2D eigenvalue weighted by atomic mass is 10.1. The summed E-state index contributed by atoms with van der Waals surface area (Å²) < 4.78 is 2.14. The second-order valence-corrected chi connectivity index (χ2v) is 5.41. The summed E-state index contributed by atoms with van der Waals surface area (Å²) in [5, 5.41) is 4.54. The van der Waals surface area contributed by atoms with Gasteiger partial charge in [0.1, 0.15) is 0 Å². The number of aromatic nitrogens is 1. The van der Waals surface area contributed by atoms with Crippen LogP contribution in [0, 0.1) is 0 Å². The van der Waals surface area contributed by atoms with E-state index >= 15 is 0 Å². The number of benzene rings is 1. The van der Waals surface area contributed by atoms with Crippen molar-refractivity contribution in [1.82, 2.24) is 14.8 Å². The van der Waals surface area contributed by atoms with Crippen molar-refractivity contribution in [2.45, 2.75) is 12.8 Å². The monoisotopic (exact) mass is 307 g/mol. The summed E-state index contributed by atoms with van der Waals surface area (Å²) in [6, 6.07) is 8.37. The van der Waals surface area contributed by atoms with Gasteiger partial charge in [-0.3, -0.25) is 4.79 Å². The third kappa shape index (κ3) is 3.39. The topological polar surface area (TPSA) is 37.3 Å². The van der Waals surface area contributed by atoms with E-state index in [1.807, 2.05) is 4.90 Å². The van der Waals surface area contributed by atoms with Crippen molar-refractivity contribution in [3.05, 3.63) is 36.0 Å². The van der Waals surface area contributed by atoms with Crippen molar-refractivity contribution in [2.24, 2.45) is 7.05 Å². The fourth-order valence-electron chi connectivity index (χ4n) is 2.94. The summed E-state index contributed by atoms with van der Waals surface area (Å²) >= 11 is 0. The molecule has 1 aliphatic heterocycles. The predicted molar refractivity (Wildman–Crippen MR) is 87.9 cm³/mol. The Hall–Kier alpha value is -1.52. The van der Waals surface area contributed by atoms with E-state index in [1.165, 1.54) is 16.5 Å². The van der Waals surface area contributed by atoms with Crippen molar-refractivity contribution in [3.63, 3.8) is 0 Å². The van der Waals surface area contributed by atoms with Crippen molar-refractivity contribution in [3.8, 4) is 0 Å². The molecule has 5 heteroatoms. The number of aryl methyl sites for hydroxylation is 2. The highest BCUT2D eigenvalue weighted by Gasteiger charge is 2.16. The number of fused-ring (bicyclic) bond motifs is 1. The number of rotatable bonds is 3. The van der Waals surface area contributed by atoms with Gasteiger partial charge in [-0.1, -0.05) is 18.2 Å². The van der Waals surface area contributed by atoms with Crippen LogP contribution < -0.4 is 5.32 Å². The number of amides is 1. The molecule has 0 bridgehead atoms. The third-order valence-corrected chi connectivity index (χ3v) is 4.06. The van der Waals surface area contributed by atoms with Gasteiger partial charge in [0.2, 0.25) is 5.91 Å². The lowest BCUT2D eigenvalue weighted by molar-refractivity contribution is -0.131. The third-order valence-electron chi connectivity index (χ3n) is 4.06. The van der Waals surface area contributed by atoms with Crippen LogP contribution in [0.5, 0.6) is 0 Å². The molecule has 1 fully saturated rings. The predicted octanol–water partition coefficient (Wildman–Crippen LogP) is 1.96. The Balaban J connectivity index is 0.00000161. The summed E-state index contributed by atoms with van der Waals surface area (Å²) in [5.41, 5.74) is 2.50. The van der Waals surface area contributed by atoms with Crippen molar-refractivity contribution < 1.29 is 4.79 Å². The number of carbonyl (C=O) groups is 1. The van der Waals surface area contributed by atoms with Gasteiger partial charge in [0.15, 0.2) is 0 Å². The molecule has 1 aliphatic rings. The summed E-state index contributed by atoms with van der Waals surface area (Å²) in [7, 11) is 2.06. The van der Waals surface area contributed by atoms with Gasteiger partial charge < -0.3 is 14.8 Å². The van der Waals surface area contributed by atoms with Crippen LogP contribution >= 0.6 is 12.4 Å². The van der Waals surface area contributed by atoms with Gasteiger partial charge in [0, 0.05) is 56.7 Å². The molecule has 4 nitrogen and oxygen atoms in total. The Kier molecular flexibility index (Phi) is 5.26. The molecule has 0 atom stereocenters. The molecule has 0 unspecified atom stereocenters. The zero-order valence-electron chi connectivity index (χ0n) is 12.3. The van der Waals surface area contributed by atoms with Gasteiger partial charge >= 0.3 is 0 Å². The molecule has 1 amide bonds. The van der Waals surface area contributed by atoms with Gasteiger partial charge in [-0.25, -0.2) is 0 Å². The van der Waals surface area contributed by atoms with Gasteiger partial charge in [-0.05, 0) is 18.1 Å². The SMILES string of the molecule is Cl.Cn1cc(CCC(=O)N2CCNCC2)c2ccccc21. The number of hydrogen-bond acceptors (Lipinski definition) is 2. The lowest BCUT2D eigenvalue weighted by Crippen LogP contribution is -2.46. The number of hydrogen-bond donors (Lipinski definition) is 1. The fraction of sp³-hybridized carbons (Fsp3) is 0.438. The summed E-state index contributed by atoms with van der Waals surface area (Å²) in [6.45, 7) is 3.52.